The Bertz CT molecular complexity index is 229. The van der Waals surface area contributed by atoms with Crippen molar-refractivity contribution in [1.29, 1.82) is 0 Å². The first-order valence-corrected chi connectivity index (χ1v) is 4.60. The molecule has 1 aliphatic carbocycles. The average molecular weight is 224 g/mol. The van der Waals surface area contributed by atoms with Crippen molar-refractivity contribution in [3.05, 3.63) is 0 Å². The highest BCUT2D eigenvalue weighted by Crippen LogP contribution is 2.19. The van der Waals surface area contributed by atoms with Gasteiger partial charge < -0.3 is 16.4 Å². The largest absolute Gasteiger partial charge is 0.350 e. The molecule has 1 saturated heterocycles. The van der Waals surface area contributed by atoms with Gasteiger partial charge in [-0.2, -0.15) is 0 Å². The van der Waals surface area contributed by atoms with Gasteiger partial charge in [-0.05, 0) is 6.42 Å². The molecule has 0 aromatic rings. The Morgan fingerprint density at radius 1 is 1.50 bits per heavy atom. The molecule has 0 aromatic carbocycles. The molecule has 0 radical (unpaired) electrons. The third-order valence-corrected chi connectivity index (χ3v) is 2.56. The maximum Gasteiger partial charge on any atom is 0.237 e. The molecule has 0 aromatic heterocycles. The molecule has 4 N–H and O–H groups in total. The summed E-state index contributed by atoms with van der Waals surface area (Å²) in [6.45, 7) is 0.287. The number of hydrogen-bond acceptors (Lipinski definition) is 3. The number of carbonyl (C=O) groups excluding carboxylic acids is 1. The van der Waals surface area contributed by atoms with Crippen LogP contribution in [0.5, 0.6) is 0 Å². The first-order chi connectivity index (χ1) is 6.16. The van der Waals surface area contributed by atoms with Crippen LogP contribution in [0.1, 0.15) is 12.8 Å². The van der Waals surface area contributed by atoms with Crippen LogP contribution in [0.4, 0.5) is 4.39 Å². The van der Waals surface area contributed by atoms with Gasteiger partial charge in [0.1, 0.15) is 6.17 Å². The zero-order valence-electron chi connectivity index (χ0n) is 7.70. The number of nitrogens with two attached hydrogens (primary N) is 1. The van der Waals surface area contributed by atoms with Crippen molar-refractivity contribution in [2.45, 2.75) is 37.1 Å². The number of carbonyl (C=O) groups is 1. The SMILES string of the molecule is Cl.NC1CC1NC(=O)[C@H]1C[C@H](F)CN1. The molecule has 1 aliphatic heterocycles. The number of alkyl halides is 1. The molecule has 2 unspecified atom stereocenters. The van der Waals surface area contributed by atoms with Gasteiger partial charge in [-0.3, -0.25) is 4.79 Å². The number of hydrogen-bond donors (Lipinski definition) is 3. The molecule has 4 nitrogen and oxygen atoms in total. The third-order valence-electron chi connectivity index (χ3n) is 2.56. The minimum Gasteiger partial charge on any atom is -0.350 e. The van der Waals surface area contributed by atoms with Gasteiger partial charge >= 0.3 is 0 Å². The summed E-state index contributed by atoms with van der Waals surface area (Å²) in [5.74, 6) is -0.113. The molecule has 1 heterocycles. The Hall–Kier alpha value is -0.390. The number of amides is 1. The summed E-state index contributed by atoms with van der Waals surface area (Å²) in [6, 6.07) is -0.137. The zero-order chi connectivity index (χ0) is 9.42. The Morgan fingerprint density at radius 3 is 2.57 bits per heavy atom. The maximum absolute atomic E-state index is 12.7. The van der Waals surface area contributed by atoms with E-state index in [1.165, 1.54) is 0 Å². The molecule has 2 fully saturated rings. The highest BCUT2D eigenvalue weighted by atomic mass is 35.5. The molecule has 1 amide bonds. The fourth-order valence-electron chi connectivity index (χ4n) is 1.56. The van der Waals surface area contributed by atoms with Crippen LogP contribution in [-0.2, 0) is 4.79 Å². The van der Waals surface area contributed by atoms with E-state index in [1.807, 2.05) is 0 Å². The summed E-state index contributed by atoms with van der Waals surface area (Å²) in [5, 5.41) is 5.60. The van der Waals surface area contributed by atoms with Crippen LogP contribution < -0.4 is 16.4 Å². The van der Waals surface area contributed by atoms with Crippen LogP contribution in [0.15, 0.2) is 0 Å². The van der Waals surface area contributed by atoms with Gasteiger partial charge in [-0.25, -0.2) is 4.39 Å². The van der Waals surface area contributed by atoms with Gasteiger partial charge in [0, 0.05) is 25.0 Å². The minimum atomic E-state index is -0.886. The fraction of sp³-hybridized carbons (Fsp3) is 0.875. The van der Waals surface area contributed by atoms with Crippen molar-refractivity contribution in [2.24, 2.45) is 5.73 Å². The second-order valence-corrected chi connectivity index (χ2v) is 3.81. The van der Waals surface area contributed by atoms with E-state index in [1.54, 1.807) is 0 Å². The van der Waals surface area contributed by atoms with Gasteiger partial charge in [-0.15, -0.1) is 12.4 Å². The van der Waals surface area contributed by atoms with Gasteiger partial charge in [0.05, 0.1) is 6.04 Å². The topological polar surface area (TPSA) is 67.1 Å². The van der Waals surface area contributed by atoms with E-state index in [0.717, 1.165) is 6.42 Å². The van der Waals surface area contributed by atoms with Crippen molar-refractivity contribution in [1.82, 2.24) is 10.6 Å². The van der Waals surface area contributed by atoms with E-state index >= 15 is 0 Å². The van der Waals surface area contributed by atoms with E-state index in [4.69, 9.17) is 5.73 Å². The number of rotatable bonds is 2. The van der Waals surface area contributed by atoms with Crippen molar-refractivity contribution in [3.63, 3.8) is 0 Å². The molecule has 0 spiro atoms. The Kier molecular flexibility index (Phi) is 3.69. The van der Waals surface area contributed by atoms with E-state index in [0.29, 0.717) is 0 Å². The summed E-state index contributed by atoms with van der Waals surface area (Å²) < 4.78 is 12.7. The van der Waals surface area contributed by atoms with Gasteiger partial charge in [0.2, 0.25) is 5.91 Å². The van der Waals surface area contributed by atoms with Gasteiger partial charge in [-0.1, -0.05) is 0 Å². The molecule has 14 heavy (non-hydrogen) atoms. The van der Waals surface area contributed by atoms with Crippen molar-refractivity contribution < 1.29 is 9.18 Å². The lowest BCUT2D eigenvalue weighted by Crippen LogP contribution is -2.42. The van der Waals surface area contributed by atoms with E-state index in [-0.39, 0.29) is 49.4 Å². The molecular formula is C8H15ClFN3O. The smallest absolute Gasteiger partial charge is 0.237 e. The molecule has 1 saturated carbocycles. The van der Waals surface area contributed by atoms with Gasteiger partial charge in [0.25, 0.3) is 0 Å². The van der Waals surface area contributed by atoms with Crippen molar-refractivity contribution in [2.75, 3.05) is 6.54 Å². The third kappa shape index (κ3) is 2.56. The van der Waals surface area contributed by atoms with Crippen LogP contribution in [0, 0.1) is 0 Å². The Balaban J connectivity index is 0.000000980. The number of halogens is 2. The molecular weight excluding hydrogens is 209 g/mol. The van der Waals surface area contributed by atoms with Crippen molar-refractivity contribution >= 4 is 18.3 Å². The summed E-state index contributed by atoms with van der Waals surface area (Å²) in [6.07, 6.45) is 0.245. The second-order valence-electron chi connectivity index (χ2n) is 3.81. The summed E-state index contributed by atoms with van der Waals surface area (Å²) in [4.78, 5) is 11.4. The first kappa shape index (κ1) is 11.7. The van der Waals surface area contributed by atoms with Crippen LogP contribution in [-0.4, -0.2) is 36.7 Å². The van der Waals surface area contributed by atoms with Crippen LogP contribution in [0.25, 0.3) is 0 Å². The lowest BCUT2D eigenvalue weighted by molar-refractivity contribution is -0.123. The maximum atomic E-state index is 12.7. The van der Waals surface area contributed by atoms with E-state index < -0.39 is 6.17 Å². The monoisotopic (exact) mass is 223 g/mol. The summed E-state index contributed by atoms with van der Waals surface area (Å²) in [7, 11) is 0. The molecule has 0 bridgehead atoms. The highest BCUT2D eigenvalue weighted by Gasteiger charge is 2.37. The summed E-state index contributed by atoms with van der Waals surface area (Å²) >= 11 is 0. The lowest BCUT2D eigenvalue weighted by Gasteiger charge is -2.09. The van der Waals surface area contributed by atoms with Gasteiger partial charge in [0.15, 0.2) is 0 Å². The van der Waals surface area contributed by atoms with Crippen LogP contribution in [0.2, 0.25) is 0 Å². The molecule has 2 rings (SSSR count). The first-order valence-electron chi connectivity index (χ1n) is 4.60. The van der Waals surface area contributed by atoms with E-state index in [2.05, 4.69) is 10.6 Å². The molecule has 82 valence electrons. The quantitative estimate of drug-likeness (QED) is 0.582. The lowest BCUT2D eigenvalue weighted by atomic mass is 10.2. The molecule has 6 heteroatoms. The Morgan fingerprint density at radius 2 is 2.14 bits per heavy atom. The minimum absolute atomic E-state index is 0. The molecule has 2 aliphatic rings. The predicted octanol–water partition coefficient (Wildman–Crippen LogP) is -0.676. The number of nitrogens with one attached hydrogen (secondary N) is 2. The second kappa shape index (κ2) is 4.42. The van der Waals surface area contributed by atoms with E-state index in [9.17, 15) is 9.18 Å². The zero-order valence-corrected chi connectivity index (χ0v) is 8.52. The standard InChI is InChI=1S/C8H14FN3O.ClH/c9-4-1-7(11-3-4)8(13)12-6-2-5(6)10;/h4-7,11H,1-3,10H2,(H,12,13);1H/t4-,5?,6?,7+;/m0./s1. The van der Waals surface area contributed by atoms with Crippen LogP contribution in [0.3, 0.4) is 0 Å². The predicted molar refractivity (Wildman–Crippen MR) is 53.1 cm³/mol. The molecule has 4 atom stereocenters. The Labute approximate surface area is 88.2 Å². The van der Waals surface area contributed by atoms with Crippen LogP contribution >= 0.6 is 12.4 Å². The average Bonchev–Trinajstić information content (AvgIpc) is 2.62. The normalized spacial score (nSPS) is 40.1. The highest BCUT2D eigenvalue weighted by molar-refractivity contribution is 5.85. The fourth-order valence-corrected chi connectivity index (χ4v) is 1.56. The van der Waals surface area contributed by atoms with Crippen molar-refractivity contribution in [3.8, 4) is 0 Å². The summed E-state index contributed by atoms with van der Waals surface area (Å²) in [5.41, 5.74) is 5.53.